The number of alkyl halides is 3. The zero-order valence-corrected chi connectivity index (χ0v) is 15.6. The Balaban J connectivity index is 3.00. The summed E-state index contributed by atoms with van der Waals surface area (Å²) in [4.78, 5) is 9.88. The molecule has 6 nitrogen and oxygen atoms in total. The van der Waals surface area contributed by atoms with Gasteiger partial charge in [-0.25, -0.2) is 18.4 Å². The molecular weight excluding hydrogens is 344 g/mol. The van der Waals surface area contributed by atoms with Gasteiger partial charge in [0.1, 0.15) is 5.75 Å². The van der Waals surface area contributed by atoms with Crippen LogP contribution in [0.4, 0.5) is 13.2 Å². The summed E-state index contributed by atoms with van der Waals surface area (Å²) in [6.45, 7) is -1.89. The van der Waals surface area contributed by atoms with Crippen LogP contribution in [0.3, 0.4) is 0 Å². The Morgan fingerprint density at radius 2 is 1.33 bits per heavy atom. The van der Waals surface area contributed by atoms with Crippen molar-refractivity contribution in [2.45, 2.75) is 6.11 Å². The molecule has 0 saturated heterocycles. The van der Waals surface area contributed by atoms with Crippen molar-refractivity contribution in [3.8, 4) is 11.5 Å². The van der Waals surface area contributed by atoms with Gasteiger partial charge in [0.2, 0.25) is 7.51 Å². The van der Waals surface area contributed by atoms with E-state index >= 15 is 0 Å². The summed E-state index contributed by atoms with van der Waals surface area (Å²) < 4.78 is 47.9. The van der Waals surface area contributed by atoms with E-state index in [2.05, 4.69) is 9.65 Å². The Bertz CT molecular complexity index is 551. The molecule has 0 N–H and O–H groups in total. The number of ether oxygens (including phenoxy) is 1. The molecule has 0 aliphatic heterocycles. The van der Waals surface area contributed by atoms with Gasteiger partial charge in [0.15, 0.2) is 12.4 Å². The molecule has 1 rings (SSSR count). The first-order chi connectivity index (χ1) is 11.0. The minimum atomic E-state index is -3.84. The zero-order chi connectivity index (χ0) is 18.5. The molecule has 0 spiro atoms. The van der Waals surface area contributed by atoms with Crippen molar-refractivity contribution in [1.29, 1.82) is 0 Å². The lowest BCUT2D eigenvalue weighted by atomic mass is 10.3. The number of hydrogen-bond acceptors (Lipinski definition) is 3. The third kappa shape index (κ3) is 4.86. The van der Waals surface area contributed by atoms with E-state index in [9.17, 15) is 13.2 Å². The number of nitrogens with zero attached hydrogens (tertiary/aromatic N) is 4. The van der Waals surface area contributed by atoms with Gasteiger partial charge in [0, 0.05) is 0 Å². The fraction of sp³-hybridized carbons (Fsp3) is 0.571. The second-order valence-corrected chi connectivity index (χ2v) is 9.23. The van der Waals surface area contributed by atoms with E-state index in [0.717, 1.165) is 0 Å². The zero-order valence-electron chi connectivity index (χ0n) is 14.7. The van der Waals surface area contributed by atoms with Crippen molar-refractivity contribution in [3.63, 3.8) is 0 Å². The molecule has 0 heterocycles. The third-order valence-electron chi connectivity index (χ3n) is 3.11. The van der Waals surface area contributed by atoms with Gasteiger partial charge in [-0.15, -0.1) is 0 Å². The topological polar surface area (TPSA) is 40.5 Å². The third-order valence-corrected chi connectivity index (χ3v) is 6.63. The van der Waals surface area contributed by atoms with E-state index < -0.39 is 20.3 Å². The molecule has 0 unspecified atom stereocenters. The number of rotatable bonds is 8. The molecule has 0 amide bonds. The standard InChI is InChI=1S/C14H24F3N4O2P/c1-19(2)24(20(3)4,21(5)6)18-23-13-9-7-12(8-10-13)22-14(16,17)11-15/h7-10H,11H2,1-6H3. The highest BCUT2D eigenvalue weighted by Crippen LogP contribution is 2.54. The van der Waals surface area contributed by atoms with Crippen molar-refractivity contribution in [3.05, 3.63) is 24.3 Å². The van der Waals surface area contributed by atoms with Gasteiger partial charge in [0.25, 0.3) is 0 Å². The Morgan fingerprint density at radius 3 is 1.71 bits per heavy atom. The van der Waals surface area contributed by atoms with Gasteiger partial charge in [-0.05, 0) is 66.6 Å². The maximum Gasteiger partial charge on any atom is 0.427 e. The molecular formula is C14H24F3N4O2P. The molecule has 1 aromatic carbocycles. The van der Waals surface area contributed by atoms with Gasteiger partial charge in [-0.3, -0.25) is 0 Å². The Morgan fingerprint density at radius 1 is 0.917 bits per heavy atom. The van der Waals surface area contributed by atoms with E-state index in [-0.39, 0.29) is 5.75 Å². The van der Waals surface area contributed by atoms with Crippen LogP contribution in [0.15, 0.2) is 29.2 Å². The average Bonchev–Trinajstić information content (AvgIpc) is 2.48. The molecule has 24 heavy (non-hydrogen) atoms. The van der Waals surface area contributed by atoms with E-state index in [4.69, 9.17) is 4.84 Å². The van der Waals surface area contributed by atoms with Gasteiger partial charge in [0.05, 0.1) is 0 Å². The molecule has 10 heteroatoms. The predicted octanol–water partition coefficient (Wildman–Crippen LogP) is 3.55. The second kappa shape index (κ2) is 8.20. The van der Waals surface area contributed by atoms with Gasteiger partial charge in [-0.1, -0.05) is 4.91 Å². The van der Waals surface area contributed by atoms with Crippen LogP contribution in [0.1, 0.15) is 0 Å². The van der Waals surface area contributed by atoms with Crippen molar-refractivity contribution in [2.75, 3.05) is 49.0 Å². The molecule has 0 fully saturated rings. The summed E-state index contributed by atoms with van der Waals surface area (Å²) in [5.41, 5.74) is 0. The Kier molecular flexibility index (Phi) is 7.10. The summed E-state index contributed by atoms with van der Waals surface area (Å²) in [7, 11) is 9.17. The number of hydrogen-bond donors (Lipinski definition) is 0. The largest absolute Gasteiger partial charge is 0.431 e. The highest BCUT2D eigenvalue weighted by atomic mass is 31.2. The van der Waals surface area contributed by atoms with E-state index in [1.165, 1.54) is 24.3 Å². The lowest BCUT2D eigenvalue weighted by molar-refractivity contribution is -0.186. The fourth-order valence-electron chi connectivity index (χ4n) is 2.16. The molecule has 138 valence electrons. The normalized spacial score (nSPS) is 12.8. The first kappa shape index (κ1) is 20.8. The first-order valence-electron chi connectivity index (χ1n) is 7.10. The van der Waals surface area contributed by atoms with Crippen LogP contribution in [0.2, 0.25) is 0 Å². The highest BCUT2D eigenvalue weighted by Gasteiger charge is 2.32. The molecule has 0 aliphatic rings. The van der Waals surface area contributed by atoms with Gasteiger partial charge >= 0.3 is 6.11 Å². The van der Waals surface area contributed by atoms with Crippen molar-refractivity contribution >= 4 is 7.51 Å². The van der Waals surface area contributed by atoms with Crippen LogP contribution in [-0.2, 0) is 0 Å². The highest BCUT2D eigenvalue weighted by molar-refractivity contribution is 7.58. The van der Waals surface area contributed by atoms with Crippen LogP contribution in [0.5, 0.6) is 11.5 Å². The molecule has 1 aromatic rings. The molecule has 0 bridgehead atoms. The van der Waals surface area contributed by atoms with Crippen LogP contribution in [0.25, 0.3) is 0 Å². The maximum absolute atomic E-state index is 12.9. The molecule has 0 saturated carbocycles. The predicted molar refractivity (Wildman–Crippen MR) is 89.0 cm³/mol. The lowest BCUT2D eigenvalue weighted by Crippen LogP contribution is -2.31. The SMILES string of the molecule is CN(C)P(=NOc1ccc(OC(F)(F)CF)cc1)(N(C)C)N(C)C. The molecule has 0 radical (unpaired) electrons. The summed E-state index contributed by atoms with van der Waals surface area (Å²) in [5, 5.41) is 0. The molecule has 0 aliphatic carbocycles. The quantitative estimate of drug-likeness (QED) is 0.518. The van der Waals surface area contributed by atoms with Crippen LogP contribution < -0.4 is 9.57 Å². The van der Waals surface area contributed by atoms with E-state index in [1.54, 1.807) is 0 Å². The Hall–Kier alpha value is -1.28. The minimum Gasteiger partial charge on any atom is -0.431 e. The fourth-order valence-corrected chi connectivity index (χ4v) is 4.95. The van der Waals surface area contributed by atoms with Crippen LogP contribution >= 0.6 is 7.51 Å². The average molecular weight is 368 g/mol. The minimum absolute atomic E-state index is 0.154. The smallest absolute Gasteiger partial charge is 0.427 e. The molecule has 0 atom stereocenters. The van der Waals surface area contributed by atoms with Crippen LogP contribution in [0, 0.1) is 0 Å². The van der Waals surface area contributed by atoms with E-state index in [1.807, 2.05) is 56.3 Å². The number of halogens is 3. The van der Waals surface area contributed by atoms with Crippen LogP contribution in [-0.4, -0.2) is 69.1 Å². The number of benzene rings is 1. The van der Waals surface area contributed by atoms with Crippen molar-refractivity contribution in [1.82, 2.24) is 14.0 Å². The maximum atomic E-state index is 12.9. The van der Waals surface area contributed by atoms with Crippen molar-refractivity contribution < 1.29 is 22.7 Å². The first-order valence-corrected chi connectivity index (χ1v) is 8.70. The van der Waals surface area contributed by atoms with Gasteiger partial charge in [-0.2, -0.15) is 8.78 Å². The van der Waals surface area contributed by atoms with Gasteiger partial charge < -0.3 is 9.57 Å². The summed E-state index contributed by atoms with van der Waals surface area (Å²) >= 11 is 0. The molecule has 0 aromatic heterocycles. The second-order valence-electron chi connectivity index (χ2n) is 5.60. The summed E-state index contributed by atoms with van der Waals surface area (Å²) in [6, 6.07) is 5.41. The summed E-state index contributed by atoms with van der Waals surface area (Å²) in [5.74, 6) is 0.208. The summed E-state index contributed by atoms with van der Waals surface area (Å²) in [6.07, 6.45) is -3.84. The van der Waals surface area contributed by atoms with Crippen molar-refractivity contribution in [2.24, 2.45) is 4.91 Å². The van der Waals surface area contributed by atoms with E-state index in [0.29, 0.717) is 5.75 Å². The lowest BCUT2D eigenvalue weighted by Gasteiger charge is -2.39. The monoisotopic (exact) mass is 368 g/mol. The Labute approximate surface area is 140 Å².